The molecule has 1 heterocycles. The van der Waals surface area contributed by atoms with Crippen LogP contribution in [0, 0.1) is 0 Å². The summed E-state index contributed by atoms with van der Waals surface area (Å²) in [5.41, 5.74) is 5.45. The first-order valence-corrected chi connectivity index (χ1v) is 3.89. The summed E-state index contributed by atoms with van der Waals surface area (Å²) in [5.74, 6) is -2.58. The quantitative estimate of drug-likeness (QED) is 0.617. The van der Waals surface area contributed by atoms with Crippen LogP contribution in [-0.4, -0.2) is 36.5 Å². The molecule has 11 heavy (non-hydrogen) atoms. The number of piperidine rings is 1. The van der Waals surface area contributed by atoms with Crippen LogP contribution < -0.4 is 5.73 Å². The lowest BCUT2D eigenvalue weighted by atomic mass is 10.0. The van der Waals surface area contributed by atoms with Crippen LogP contribution in [0.5, 0.6) is 0 Å². The van der Waals surface area contributed by atoms with Crippen LogP contribution >= 0.6 is 0 Å². The molecule has 0 amide bonds. The van der Waals surface area contributed by atoms with Crippen molar-refractivity contribution in [2.75, 3.05) is 19.6 Å². The maximum atomic E-state index is 12.8. The van der Waals surface area contributed by atoms with Crippen molar-refractivity contribution >= 4 is 0 Å². The minimum absolute atomic E-state index is 0.128. The molecule has 1 saturated heterocycles. The van der Waals surface area contributed by atoms with Crippen LogP contribution in [-0.2, 0) is 0 Å². The molecule has 2 nitrogen and oxygen atoms in total. The van der Waals surface area contributed by atoms with E-state index in [0.29, 0.717) is 13.1 Å². The van der Waals surface area contributed by atoms with Crippen molar-refractivity contribution in [1.82, 2.24) is 4.90 Å². The molecule has 0 spiro atoms. The summed E-state index contributed by atoms with van der Waals surface area (Å²) in [7, 11) is 0. The van der Waals surface area contributed by atoms with Crippen molar-refractivity contribution in [1.29, 1.82) is 0 Å². The molecule has 1 aliphatic heterocycles. The third-order valence-corrected chi connectivity index (χ3v) is 1.96. The van der Waals surface area contributed by atoms with Gasteiger partial charge in [0.15, 0.2) is 0 Å². The van der Waals surface area contributed by atoms with Gasteiger partial charge in [0.1, 0.15) is 0 Å². The number of alkyl halides is 2. The van der Waals surface area contributed by atoms with Crippen molar-refractivity contribution in [3.63, 3.8) is 0 Å². The van der Waals surface area contributed by atoms with Crippen LogP contribution in [0.1, 0.15) is 13.3 Å². The smallest absolute Gasteiger partial charge is 0.262 e. The zero-order chi connectivity index (χ0) is 8.48. The molecule has 1 fully saturated rings. The number of likely N-dealkylation sites (N-methyl/N-ethyl adjacent to an activating group) is 1. The highest BCUT2D eigenvalue weighted by atomic mass is 19.3. The maximum absolute atomic E-state index is 12.8. The Kier molecular flexibility index (Phi) is 2.44. The second kappa shape index (κ2) is 3.03. The molecule has 0 saturated carbocycles. The molecule has 0 aromatic rings. The first-order chi connectivity index (χ1) is 5.03. The number of hydrogen-bond acceptors (Lipinski definition) is 2. The Morgan fingerprint density at radius 1 is 1.64 bits per heavy atom. The van der Waals surface area contributed by atoms with E-state index in [0.717, 1.165) is 0 Å². The van der Waals surface area contributed by atoms with Crippen molar-refractivity contribution < 1.29 is 8.78 Å². The Morgan fingerprint density at radius 3 is 2.73 bits per heavy atom. The van der Waals surface area contributed by atoms with E-state index >= 15 is 0 Å². The minimum Gasteiger partial charge on any atom is -0.326 e. The molecule has 1 aliphatic rings. The van der Waals surface area contributed by atoms with E-state index in [1.54, 1.807) is 4.90 Å². The average molecular weight is 164 g/mol. The van der Waals surface area contributed by atoms with Gasteiger partial charge in [0.25, 0.3) is 5.92 Å². The SMILES string of the molecule is CCN1C[C@H](N)CC(F)(F)C1. The summed E-state index contributed by atoms with van der Waals surface area (Å²) in [4.78, 5) is 1.69. The second-order valence-corrected chi connectivity index (χ2v) is 3.15. The van der Waals surface area contributed by atoms with Gasteiger partial charge in [0.05, 0.1) is 6.54 Å². The van der Waals surface area contributed by atoms with E-state index in [1.165, 1.54) is 0 Å². The van der Waals surface area contributed by atoms with E-state index < -0.39 is 5.92 Å². The first-order valence-electron chi connectivity index (χ1n) is 3.89. The Hall–Kier alpha value is -0.220. The molecule has 2 N–H and O–H groups in total. The molecule has 1 atom stereocenters. The zero-order valence-corrected chi connectivity index (χ0v) is 6.69. The summed E-state index contributed by atoms with van der Waals surface area (Å²) in [6.07, 6.45) is -0.163. The molecule has 0 radical (unpaired) electrons. The molecular weight excluding hydrogens is 150 g/mol. The molecule has 4 heteroatoms. The van der Waals surface area contributed by atoms with Gasteiger partial charge in [-0.25, -0.2) is 8.78 Å². The van der Waals surface area contributed by atoms with Crippen LogP contribution in [0.15, 0.2) is 0 Å². The first kappa shape index (κ1) is 8.87. The van der Waals surface area contributed by atoms with Crippen LogP contribution in [0.25, 0.3) is 0 Å². The number of hydrogen-bond donors (Lipinski definition) is 1. The van der Waals surface area contributed by atoms with Gasteiger partial charge in [-0.05, 0) is 6.54 Å². The zero-order valence-electron chi connectivity index (χ0n) is 6.69. The number of rotatable bonds is 1. The van der Waals surface area contributed by atoms with Gasteiger partial charge in [-0.2, -0.15) is 0 Å². The molecule has 0 aromatic heterocycles. The largest absolute Gasteiger partial charge is 0.326 e. The number of likely N-dealkylation sites (tertiary alicyclic amines) is 1. The standard InChI is InChI=1S/C7H14F2N2/c1-2-11-4-6(10)3-7(8,9)5-11/h6H,2-5,10H2,1H3/t6-/m1/s1. The fourth-order valence-corrected chi connectivity index (χ4v) is 1.48. The lowest BCUT2D eigenvalue weighted by molar-refractivity contribution is -0.0690. The number of halogens is 2. The Balaban J connectivity index is 2.51. The van der Waals surface area contributed by atoms with E-state index in [1.807, 2.05) is 6.92 Å². The lowest BCUT2D eigenvalue weighted by Crippen LogP contribution is -2.52. The van der Waals surface area contributed by atoms with E-state index in [4.69, 9.17) is 5.73 Å². The average Bonchev–Trinajstić information content (AvgIpc) is 1.83. The number of nitrogens with two attached hydrogens (primary N) is 1. The van der Waals surface area contributed by atoms with Crippen LogP contribution in [0.2, 0.25) is 0 Å². The molecule has 0 aromatic carbocycles. The van der Waals surface area contributed by atoms with Gasteiger partial charge < -0.3 is 5.73 Å². The summed E-state index contributed by atoms with van der Waals surface area (Å²) < 4.78 is 25.5. The maximum Gasteiger partial charge on any atom is 0.262 e. The predicted molar refractivity (Wildman–Crippen MR) is 39.7 cm³/mol. The lowest BCUT2D eigenvalue weighted by Gasteiger charge is -2.35. The van der Waals surface area contributed by atoms with Crippen molar-refractivity contribution in [3.8, 4) is 0 Å². The van der Waals surface area contributed by atoms with Crippen LogP contribution in [0.3, 0.4) is 0 Å². The highest BCUT2D eigenvalue weighted by Gasteiger charge is 2.38. The summed E-state index contributed by atoms with van der Waals surface area (Å²) >= 11 is 0. The molecule has 0 bridgehead atoms. The minimum atomic E-state index is -2.58. The van der Waals surface area contributed by atoms with E-state index in [-0.39, 0.29) is 19.0 Å². The van der Waals surface area contributed by atoms with Gasteiger partial charge in [0.2, 0.25) is 0 Å². The highest BCUT2D eigenvalue weighted by molar-refractivity contribution is 4.85. The van der Waals surface area contributed by atoms with E-state index in [2.05, 4.69) is 0 Å². The van der Waals surface area contributed by atoms with Gasteiger partial charge in [0, 0.05) is 19.0 Å². The molecule has 1 rings (SSSR count). The summed E-state index contributed by atoms with van der Waals surface area (Å²) in [6.45, 7) is 3.00. The third-order valence-electron chi connectivity index (χ3n) is 1.96. The van der Waals surface area contributed by atoms with Gasteiger partial charge >= 0.3 is 0 Å². The topological polar surface area (TPSA) is 29.3 Å². The molecule has 66 valence electrons. The molecular formula is C7H14F2N2. The van der Waals surface area contributed by atoms with Crippen LogP contribution in [0.4, 0.5) is 8.78 Å². The third kappa shape index (κ3) is 2.38. The summed E-state index contributed by atoms with van der Waals surface area (Å²) in [5, 5.41) is 0. The van der Waals surface area contributed by atoms with Gasteiger partial charge in [-0.15, -0.1) is 0 Å². The normalized spacial score (nSPS) is 32.2. The monoisotopic (exact) mass is 164 g/mol. The second-order valence-electron chi connectivity index (χ2n) is 3.15. The van der Waals surface area contributed by atoms with Gasteiger partial charge in [-0.1, -0.05) is 6.92 Å². The summed E-state index contributed by atoms with van der Waals surface area (Å²) in [6, 6.07) is -0.362. The Labute approximate surface area is 65.4 Å². The van der Waals surface area contributed by atoms with Crippen molar-refractivity contribution in [3.05, 3.63) is 0 Å². The highest BCUT2D eigenvalue weighted by Crippen LogP contribution is 2.25. The fourth-order valence-electron chi connectivity index (χ4n) is 1.48. The Bertz CT molecular complexity index is 138. The fraction of sp³-hybridized carbons (Fsp3) is 1.00. The van der Waals surface area contributed by atoms with Crippen molar-refractivity contribution in [2.45, 2.75) is 25.3 Å². The predicted octanol–water partition coefficient (Wildman–Crippen LogP) is 0.675. The Morgan fingerprint density at radius 2 is 2.27 bits per heavy atom. The molecule has 0 aliphatic carbocycles. The number of nitrogens with zero attached hydrogens (tertiary/aromatic N) is 1. The van der Waals surface area contributed by atoms with Gasteiger partial charge in [-0.3, -0.25) is 4.90 Å². The van der Waals surface area contributed by atoms with E-state index in [9.17, 15) is 8.78 Å². The molecule has 0 unspecified atom stereocenters. The van der Waals surface area contributed by atoms with Crippen molar-refractivity contribution in [2.24, 2.45) is 5.73 Å².